The Morgan fingerprint density at radius 1 is 1.47 bits per heavy atom. The van der Waals surface area contributed by atoms with Gasteiger partial charge in [0.15, 0.2) is 0 Å². The summed E-state index contributed by atoms with van der Waals surface area (Å²) in [6.07, 6.45) is 1.53. The Morgan fingerprint density at radius 3 is 3.00 bits per heavy atom. The van der Waals surface area contributed by atoms with E-state index in [0.29, 0.717) is 31.4 Å². The molecular weight excluding hydrogens is 246 g/mol. The van der Waals surface area contributed by atoms with Gasteiger partial charge in [-0.25, -0.2) is 0 Å². The van der Waals surface area contributed by atoms with Crippen molar-refractivity contribution in [2.75, 3.05) is 32.0 Å². The lowest BCUT2D eigenvalue weighted by Gasteiger charge is -2.37. The third-order valence-electron chi connectivity index (χ3n) is 3.47. The molecule has 0 spiro atoms. The summed E-state index contributed by atoms with van der Waals surface area (Å²) in [4.78, 5) is 13.9. The average Bonchev–Trinajstić information content (AvgIpc) is 2.41. The van der Waals surface area contributed by atoms with Gasteiger partial charge in [0.05, 0.1) is 19.3 Å². The summed E-state index contributed by atoms with van der Waals surface area (Å²) in [6, 6.07) is 3.38. The Hall–Kier alpha value is -1.37. The van der Waals surface area contributed by atoms with Crippen LogP contribution < -0.4 is 11.3 Å². The number of anilines is 1. The number of nitrogens with two attached hydrogens (primary N) is 1. The van der Waals surface area contributed by atoms with Gasteiger partial charge in [-0.3, -0.25) is 9.69 Å². The molecular formula is C13H21N3O3. The lowest BCUT2D eigenvalue weighted by molar-refractivity contribution is -0.0784. The molecule has 0 aliphatic carbocycles. The standard InChI is InChI=1S/C13H21N3O3/c1-10-9-19-12(8-17)7-15(10)4-5-16-6-11(14)2-3-13(16)18/h2-3,6,10,12,17H,4-5,7-9,14H2,1H3. The van der Waals surface area contributed by atoms with Crippen molar-refractivity contribution in [1.29, 1.82) is 0 Å². The molecule has 1 aliphatic heterocycles. The van der Waals surface area contributed by atoms with E-state index in [1.54, 1.807) is 16.8 Å². The minimum absolute atomic E-state index is 0.0292. The maximum Gasteiger partial charge on any atom is 0.250 e. The number of nitrogen functional groups attached to an aromatic ring is 1. The Kier molecular flexibility index (Phi) is 4.57. The molecule has 0 aromatic carbocycles. The van der Waals surface area contributed by atoms with Gasteiger partial charge in [-0.15, -0.1) is 0 Å². The SMILES string of the molecule is CC1COC(CO)CN1CCn1cc(N)ccc1=O. The molecule has 2 heterocycles. The number of morpholine rings is 1. The van der Waals surface area contributed by atoms with Gasteiger partial charge in [-0.2, -0.15) is 0 Å². The molecule has 6 nitrogen and oxygen atoms in total. The van der Waals surface area contributed by atoms with E-state index in [1.807, 2.05) is 0 Å². The van der Waals surface area contributed by atoms with E-state index in [0.717, 1.165) is 6.54 Å². The normalized spacial score (nSPS) is 24.5. The fourth-order valence-corrected chi connectivity index (χ4v) is 2.26. The summed E-state index contributed by atoms with van der Waals surface area (Å²) in [5.41, 5.74) is 6.22. The van der Waals surface area contributed by atoms with Crippen LogP contribution in [-0.4, -0.2) is 53.0 Å². The van der Waals surface area contributed by atoms with Crippen molar-refractivity contribution in [3.63, 3.8) is 0 Å². The summed E-state index contributed by atoms with van der Waals surface area (Å²) in [6.45, 7) is 4.74. The fraction of sp³-hybridized carbons (Fsp3) is 0.615. The third kappa shape index (κ3) is 3.56. The molecule has 2 unspecified atom stereocenters. The van der Waals surface area contributed by atoms with E-state index in [4.69, 9.17) is 15.6 Å². The van der Waals surface area contributed by atoms with Gasteiger partial charge in [-0.1, -0.05) is 0 Å². The monoisotopic (exact) mass is 267 g/mol. The summed E-state index contributed by atoms with van der Waals surface area (Å²) >= 11 is 0. The lowest BCUT2D eigenvalue weighted by Crippen LogP contribution is -2.50. The second-order valence-electron chi connectivity index (χ2n) is 4.98. The Morgan fingerprint density at radius 2 is 2.26 bits per heavy atom. The molecule has 2 rings (SSSR count). The van der Waals surface area contributed by atoms with Crippen molar-refractivity contribution in [2.45, 2.75) is 25.6 Å². The highest BCUT2D eigenvalue weighted by Crippen LogP contribution is 2.11. The van der Waals surface area contributed by atoms with Crippen molar-refractivity contribution < 1.29 is 9.84 Å². The number of nitrogens with zero attached hydrogens (tertiary/aromatic N) is 2. The molecule has 0 bridgehead atoms. The van der Waals surface area contributed by atoms with Crippen LogP contribution in [0.1, 0.15) is 6.92 Å². The predicted molar refractivity (Wildman–Crippen MR) is 73.0 cm³/mol. The summed E-state index contributed by atoms with van der Waals surface area (Å²) < 4.78 is 7.10. The second kappa shape index (κ2) is 6.18. The lowest BCUT2D eigenvalue weighted by atomic mass is 10.2. The van der Waals surface area contributed by atoms with E-state index in [1.165, 1.54) is 6.07 Å². The predicted octanol–water partition coefficient (Wildman–Crippen LogP) is -0.488. The van der Waals surface area contributed by atoms with Crippen LogP contribution in [0, 0.1) is 0 Å². The van der Waals surface area contributed by atoms with Gasteiger partial charge in [-0.05, 0) is 13.0 Å². The number of aliphatic hydroxyl groups is 1. The Balaban J connectivity index is 1.97. The van der Waals surface area contributed by atoms with Crippen LogP contribution in [0.2, 0.25) is 0 Å². The molecule has 2 atom stereocenters. The third-order valence-corrected chi connectivity index (χ3v) is 3.47. The van der Waals surface area contributed by atoms with Crippen LogP contribution in [0.4, 0.5) is 5.69 Å². The zero-order valence-electron chi connectivity index (χ0n) is 11.2. The Labute approximate surface area is 112 Å². The zero-order valence-corrected chi connectivity index (χ0v) is 11.2. The highest BCUT2D eigenvalue weighted by molar-refractivity contribution is 5.33. The van der Waals surface area contributed by atoms with Crippen molar-refractivity contribution in [3.8, 4) is 0 Å². The first kappa shape index (κ1) is 14.0. The Bertz CT molecular complexity index is 474. The minimum Gasteiger partial charge on any atom is -0.398 e. The molecule has 1 aromatic rings. The van der Waals surface area contributed by atoms with E-state index in [2.05, 4.69) is 11.8 Å². The van der Waals surface area contributed by atoms with Crippen molar-refractivity contribution in [3.05, 3.63) is 28.7 Å². The van der Waals surface area contributed by atoms with Crippen LogP contribution in [0.15, 0.2) is 23.1 Å². The molecule has 3 N–H and O–H groups in total. The largest absolute Gasteiger partial charge is 0.398 e. The van der Waals surface area contributed by atoms with Crippen LogP contribution in [0.3, 0.4) is 0 Å². The van der Waals surface area contributed by atoms with Crippen molar-refractivity contribution in [1.82, 2.24) is 9.47 Å². The topological polar surface area (TPSA) is 80.7 Å². The van der Waals surface area contributed by atoms with E-state index in [9.17, 15) is 4.79 Å². The van der Waals surface area contributed by atoms with Gasteiger partial charge in [0.1, 0.15) is 0 Å². The first-order chi connectivity index (χ1) is 9.10. The maximum atomic E-state index is 11.7. The van der Waals surface area contributed by atoms with Crippen LogP contribution >= 0.6 is 0 Å². The quantitative estimate of drug-likeness (QED) is 0.769. The fourth-order valence-electron chi connectivity index (χ4n) is 2.26. The van der Waals surface area contributed by atoms with E-state index >= 15 is 0 Å². The second-order valence-corrected chi connectivity index (χ2v) is 4.98. The minimum atomic E-state index is -0.131. The zero-order chi connectivity index (χ0) is 13.8. The van der Waals surface area contributed by atoms with Crippen LogP contribution in [0.5, 0.6) is 0 Å². The number of pyridine rings is 1. The van der Waals surface area contributed by atoms with Gasteiger partial charge < -0.3 is 20.1 Å². The summed E-state index contributed by atoms with van der Waals surface area (Å²) in [7, 11) is 0. The van der Waals surface area contributed by atoms with Gasteiger partial charge in [0, 0.05) is 43.6 Å². The molecule has 0 saturated carbocycles. The molecule has 1 aromatic heterocycles. The smallest absolute Gasteiger partial charge is 0.250 e. The first-order valence-corrected chi connectivity index (χ1v) is 6.52. The van der Waals surface area contributed by atoms with Crippen molar-refractivity contribution >= 4 is 5.69 Å². The van der Waals surface area contributed by atoms with Gasteiger partial charge in [0.25, 0.3) is 5.56 Å². The summed E-state index contributed by atoms with van der Waals surface area (Å²) in [5.74, 6) is 0. The number of rotatable bonds is 4. The molecule has 0 radical (unpaired) electrons. The molecule has 1 fully saturated rings. The number of ether oxygens (including phenoxy) is 1. The maximum absolute atomic E-state index is 11.7. The van der Waals surface area contributed by atoms with E-state index < -0.39 is 0 Å². The molecule has 1 saturated heterocycles. The number of hydrogen-bond acceptors (Lipinski definition) is 5. The van der Waals surface area contributed by atoms with Crippen molar-refractivity contribution in [2.24, 2.45) is 0 Å². The van der Waals surface area contributed by atoms with Gasteiger partial charge >= 0.3 is 0 Å². The van der Waals surface area contributed by atoms with Crippen LogP contribution in [-0.2, 0) is 11.3 Å². The number of hydrogen-bond donors (Lipinski definition) is 2. The molecule has 6 heteroatoms. The highest BCUT2D eigenvalue weighted by Gasteiger charge is 2.25. The number of aromatic nitrogens is 1. The van der Waals surface area contributed by atoms with E-state index in [-0.39, 0.29) is 18.3 Å². The summed E-state index contributed by atoms with van der Waals surface area (Å²) in [5, 5.41) is 9.14. The molecule has 1 aliphatic rings. The molecule has 0 amide bonds. The number of aliphatic hydroxyl groups excluding tert-OH is 1. The average molecular weight is 267 g/mol. The molecule has 19 heavy (non-hydrogen) atoms. The van der Waals surface area contributed by atoms with Gasteiger partial charge in [0.2, 0.25) is 0 Å². The highest BCUT2D eigenvalue weighted by atomic mass is 16.5. The van der Waals surface area contributed by atoms with Crippen LogP contribution in [0.25, 0.3) is 0 Å². The molecule has 106 valence electrons. The first-order valence-electron chi connectivity index (χ1n) is 6.52.